The molecule has 0 atom stereocenters. The fourth-order valence-electron chi connectivity index (χ4n) is 1.68. The zero-order valence-corrected chi connectivity index (χ0v) is 10.2. The van der Waals surface area contributed by atoms with E-state index in [0.29, 0.717) is 17.7 Å². The molecule has 2 aromatic carbocycles. The summed E-state index contributed by atoms with van der Waals surface area (Å²) in [6.07, 6.45) is 0.478. The van der Waals surface area contributed by atoms with Gasteiger partial charge in [-0.2, -0.15) is 0 Å². The van der Waals surface area contributed by atoms with Gasteiger partial charge in [-0.3, -0.25) is 4.79 Å². The van der Waals surface area contributed by atoms with Crippen LogP contribution in [0.15, 0.2) is 48.5 Å². The zero-order valence-electron chi connectivity index (χ0n) is 10.2. The van der Waals surface area contributed by atoms with Gasteiger partial charge < -0.3 is 5.32 Å². The second-order valence-corrected chi connectivity index (χ2v) is 4.11. The first-order chi connectivity index (χ1) is 9.19. The number of anilines is 1. The number of amides is 1. The largest absolute Gasteiger partial charge is 0.322 e. The van der Waals surface area contributed by atoms with E-state index in [4.69, 9.17) is 0 Å². The summed E-state index contributed by atoms with van der Waals surface area (Å²) in [4.78, 5) is 11.9. The van der Waals surface area contributed by atoms with Gasteiger partial charge in [0.15, 0.2) is 0 Å². The Hall–Kier alpha value is -2.20. The van der Waals surface area contributed by atoms with E-state index >= 15 is 0 Å². The summed E-state index contributed by atoms with van der Waals surface area (Å²) in [6, 6.07) is 12.4. The smallest absolute Gasteiger partial charge is 0.255 e. The number of hydrogen-bond donors (Lipinski definition) is 1. The molecule has 0 fully saturated rings. The minimum absolute atomic E-state index is 0.152. The molecular weight excluding hydrogens is 245 g/mol. The second kappa shape index (κ2) is 6.11. The minimum atomic E-state index is -0.376. The highest BCUT2D eigenvalue weighted by atomic mass is 19.1. The van der Waals surface area contributed by atoms with Crippen molar-refractivity contribution >= 4 is 11.6 Å². The van der Waals surface area contributed by atoms with Gasteiger partial charge in [-0.25, -0.2) is 9.50 Å². The first-order valence-electron chi connectivity index (χ1n) is 5.93. The number of nitrogens with one attached hydrogen (secondary N) is 1. The van der Waals surface area contributed by atoms with E-state index in [1.54, 1.807) is 24.3 Å². The van der Waals surface area contributed by atoms with E-state index in [0.717, 1.165) is 5.56 Å². The molecule has 0 heterocycles. The fourth-order valence-corrected chi connectivity index (χ4v) is 1.68. The Labute approximate surface area is 110 Å². The summed E-state index contributed by atoms with van der Waals surface area (Å²) in [5.74, 6) is -0.671. The highest BCUT2D eigenvalue weighted by Crippen LogP contribution is 2.12. The Bertz CT molecular complexity index is 549. The van der Waals surface area contributed by atoms with Gasteiger partial charge in [0, 0.05) is 11.3 Å². The molecule has 2 aromatic rings. The van der Waals surface area contributed by atoms with Gasteiger partial charge >= 0.3 is 0 Å². The van der Waals surface area contributed by atoms with Crippen molar-refractivity contribution in [3.63, 3.8) is 0 Å². The normalized spacial score (nSPS) is 10.2. The third-order valence-electron chi connectivity index (χ3n) is 2.71. The maximum atomic E-state index is 12.7. The molecule has 19 heavy (non-hydrogen) atoms. The fraction of sp³-hybridized carbons (Fsp3) is 0.133. The molecule has 0 aromatic heterocycles. The summed E-state index contributed by atoms with van der Waals surface area (Å²) < 4.78 is 12.7. The Morgan fingerprint density at radius 1 is 1.00 bits per heavy atom. The molecule has 1 amide bonds. The second-order valence-electron chi connectivity index (χ2n) is 4.11. The van der Waals surface area contributed by atoms with Crippen molar-refractivity contribution in [2.45, 2.75) is 6.42 Å². The SMILES string of the molecule is [O]CCc1ccc(NC(=O)c2ccc(F)cc2)cc1. The molecule has 0 spiro atoms. The first kappa shape index (κ1) is 13.2. The molecule has 0 aliphatic rings. The van der Waals surface area contributed by atoms with Crippen LogP contribution in [0.25, 0.3) is 0 Å². The van der Waals surface area contributed by atoms with Gasteiger partial charge in [0.2, 0.25) is 0 Å². The van der Waals surface area contributed by atoms with Crippen LogP contribution in [0.2, 0.25) is 0 Å². The van der Waals surface area contributed by atoms with Gasteiger partial charge in [0.25, 0.3) is 5.91 Å². The number of hydrogen-bond acceptors (Lipinski definition) is 1. The van der Waals surface area contributed by atoms with Crippen molar-refractivity contribution in [2.24, 2.45) is 0 Å². The van der Waals surface area contributed by atoms with Gasteiger partial charge in [0.1, 0.15) is 5.82 Å². The molecule has 0 unspecified atom stereocenters. The van der Waals surface area contributed by atoms with Crippen molar-refractivity contribution in [1.82, 2.24) is 0 Å². The van der Waals surface area contributed by atoms with E-state index in [2.05, 4.69) is 5.32 Å². The zero-order chi connectivity index (χ0) is 13.7. The van der Waals surface area contributed by atoms with Crippen LogP contribution in [0.1, 0.15) is 15.9 Å². The topological polar surface area (TPSA) is 49.0 Å². The number of benzene rings is 2. The van der Waals surface area contributed by atoms with Crippen molar-refractivity contribution in [1.29, 1.82) is 0 Å². The van der Waals surface area contributed by atoms with E-state index < -0.39 is 0 Å². The quantitative estimate of drug-likeness (QED) is 0.900. The highest BCUT2D eigenvalue weighted by Gasteiger charge is 2.05. The standard InChI is InChI=1S/C15H13FNO2/c16-13-5-3-12(4-6-13)15(19)17-14-7-1-11(2-8-14)9-10-18/h1-8H,9-10H2,(H,17,19). The van der Waals surface area contributed by atoms with Crippen LogP contribution < -0.4 is 5.32 Å². The number of rotatable bonds is 4. The Balaban J connectivity index is 2.04. The summed E-state index contributed by atoms with van der Waals surface area (Å²) in [5, 5.41) is 13.2. The van der Waals surface area contributed by atoms with Crippen LogP contribution in [0.5, 0.6) is 0 Å². The number of carbonyl (C=O) groups is 1. The third kappa shape index (κ3) is 3.63. The molecule has 3 nitrogen and oxygen atoms in total. The Morgan fingerprint density at radius 3 is 2.21 bits per heavy atom. The predicted octanol–water partition coefficient (Wildman–Crippen LogP) is 3.05. The lowest BCUT2D eigenvalue weighted by molar-refractivity contribution is 0.102. The Kier molecular flexibility index (Phi) is 4.26. The molecule has 1 N–H and O–H groups in total. The van der Waals surface area contributed by atoms with Gasteiger partial charge in [-0.1, -0.05) is 12.1 Å². The van der Waals surface area contributed by atoms with Crippen LogP contribution >= 0.6 is 0 Å². The molecule has 0 saturated heterocycles. The molecule has 0 aliphatic heterocycles. The Morgan fingerprint density at radius 2 is 1.63 bits per heavy atom. The third-order valence-corrected chi connectivity index (χ3v) is 2.71. The van der Waals surface area contributed by atoms with Crippen LogP contribution in [-0.2, 0) is 11.5 Å². The summed E-state index contributed by atoms with van der Waals surface area (Å²) in [5.41, 5.74) is 1.98. The molecule has 0 bridgehead atoms. The maximum Gasteiger partial charge on any atom is 0.255 e. The predicted molar refractivity (Wildman–Crippen MR) is 70.1 cm³/mol. The lowest BCUT2D eigenvalue weighted by Gasteiger charge is -2.06. The number of carbonyl (C=O) groups excluding carboxylic acids is 1. The van der Waals surface area contributed by atoms with Crippen LogP contribution in [0.3, 0.4) is 0 Å². The van der Waals surface area contributed by atoms with Crippen LogP contribution in [-0.4, -0.2) is 12.5 Å². The van der Waals surface area contributed by atoms with Crippen molar-refractivity contribution in [3.05, 3.63) is 65.5 Å². The average molecular weight is 258 g/mol. The van der Waals surface area contributed by atoms with Crippen molar-refractivity contribution < 1.29 is 14.3 Å². The lowest BCUT2D eigenvalue weighted by atomic mass is 10.1. The summed E-state index contributed by atoms with van der Waals surface area (Å²) in [7, 11) is 0. The molecule has 97 valence electrons. The van der Waals surface area contributed by atoms with E-state index in [1.165, 1.54) is 24.3 Å². The lowest BCUT2D eigenvalue weighted by Crippen LogP contribution is -2.11. The molecule has 0 aliphatic carbocycles. The first-order valence-corrected chi connectivity index (χ1v) is 5.93. The van der Waals surface area contributed by atoms with E-state index in [9.17, 15) is 14.3 Å². The molecule has 0 saturated carbocycles. The highest BCUT2D eigenvalue weighted by molar-refractivity contribution is 6.04. The van der Waals surface area contributed by atoms with Gasteiger partial charge in [-0.05, 0) is 48.4 Å². The van der Waals surface area contributed by atoms with Crippen LogP contribution in [0.4, 0.5) is 10.1 Å². The van der Waals surface area contributed by atoms with Gasteiger partial charge in [0.05, 0.1) is 6.61 Å². The minimum Gasteiger partial charge on any atom is -0.322 e. The van der Waals surface area contributed by atoms with Crippen molar-refractivity contribution in [2.75, 3.05) is 11.9 Å². The molecule has 1 radical (unpaired) electrons. The van der Waals surface area contributed by atoms with E-state index in [1.807, 2.05) is 0 Å². The molecule has 4 heteroatoms. The van der Waals surface area contributed by atoms with Crippen LogP contribution in [0, 0.1) is 5.82 Å². The summed E-state index contributed by atoms with van der Waals surface area (Å²) >= 11 is 0. The van der Waals surface area contributed by atoms with E-state index in [-0.39, 0.29) is 18.3 Å². The monoisotopic (exact) mass is 258 g/mol. The summed E-state index contributed by atoms with van der Waals surface area (Å²) in [6.45, 7) is -0.152. The molecular formula is C15H13FNO2. The average Bonchev–Trinajstić information content (AvgIpc) is 2.42. The van der Waals surface area contributed by atoms with Crippen molar-refractivity contribution in [3.8, 4) is 0 Å². The van der Waals surface area contributed by atoms with Gasteiger partial charge in [-0.15, -0.1) is 0 Å². The molecule has 2 rings (SSSR count). The maximum absolute atomic E-state index is 12.7. The number of halogens is 1.